The van der Waals surface area contributed by atoms with Crippen LogP contribution in [0.2, 0.25) is 0 Å². The molecular weight excluding hydrogens is 1220 g/mol. The Kier molecular flexibility index (Phi) is 13.7. The molecule has 0 radical (unpaired) electrons. The molecule has 0 atom stereocenters. The number of hydrogen-bond donors (Lipinski definition) is 0. The molecule has 0 amide bonds. The number of para-hydroxylation sites is 4. The zero-order valence-electron chi connectivity index (χ0n) is 55.2. The molecule has 0 saturated heterocycles. The molecular formula is C96H63BN4. The summed E-state index contributed by atoms with van der Waals surface area (Å²) in [7, 11) is 0. The molecule has 101 heavy (non-hydrogen) atoms. The minimum absolute atomic E-state index is 0.260. The Morgan fingerprint density at radius 2 is 0.485 bits per heavy atom. The topological polar surface area (TPSA) is 16.3 Å². The molecule has 0 saturated carbocycles. The monoisotopic (exact) mass is 1280 g/mol. The van der Waals surface area contributed by atoms with E-state index in [0.717, 1.165) is 123 Å². The fourth-order valence-corrected chi connectivity index (χ4v) is 16.8. The molecule has 4 nitrogen and oxygen atoms in total. The standard InChI is InChI=1S/C96H63BN4/c1-8-30-64(31-9-1)71-60-90-94-91(61-71)101(96-78(69-40-18-6-19-41-69)50-27-51-79(96)70-42-20-7-21-43-70)89-63-73(99-85-53-25-23-45-81(85)93-75(47-29-55-87(93)99)66-34-12-3-13-35-66)57-59-83(89)97(94)82-58-56-72(98-84-52-24-22-44-80(84)92-74(46-28-54-86(92)98)65-32-10-2-11-33-65)62-88(82)100(90)95-76(67-36-14-4-15-37-67)48-26-49-77(95)68-38-16-5-17-39-68/h1-63H. The maximum absolute atomic E-state index is 2.68. The molecule has 0 fully saturated rings. The highest BCUT2D eigenvalue weighted by Gasteiger charge is 2.46. The van der Waals surface area contributed by atoms with Gasteiger partial charge in [0.15, 0.2) is 0 Å². The van der Waals surface area contributed by atoms with Crippen molar-refractivity contribution in [3.05, 3.63) is 382 Å². The molecule has 0 unspecified atom stereocenters. The lowest BCUT2D eigenvalue weighted by Gasteiger charge is -2.46. The quantitative estimate of drug-likeness (QED) is 0.120. The second kappa shape index (κ2) is 23.8. The summed E-state index contributed by atoms with van der Waals surface area (Å²) in [4.78, 5) is 5.35. The van der Waals surface area contributed by atoms with Gasteiger partial charge in [0.05, 0.1) is 33.4 Å². The average Bonchev–Trinajstić information content (AvgIpc) is 1.30. The maximum Gasteiger partial charge on any atom is 0.252 e. The number of rotatable bonds is 11. The molecule has 5 heteroatoms. The van der Waals surface area contributed by atoms with Crippen LogP contribution in [0.4, 0.5) is 34.1 Å². The minimum Gasteiger partial charge on any atom is -0.310 e. The molecule has 0 N–H and O–H groups in total. The number of aromatic nitrogens is 2. The van der Waals surface area contributed by atoms with Crippen molar-refractivity contribution in [2.75, 3.05) is 9.80 Å². The molecule has 2 aliphatic rings. The first-order valence-electron chi connectivity index (χ1n) is 34.9. The maximum atomic E-state index is 2.68. The molecule has 18 aromatic rings. The highest BCUT2D eigenvalue weighted by molar-refractivity contribution is 7.00. The van der Waals surface area contributed by atoms with Gasteiger partial charge < -0.3 is 18.9 Å². The van der Waals surface area contributed by atoms with Crippen molar-refractivity contribution in [3.63, 3.8) is 0 Å². The molecule has 4 heterocycles. The van der Waals surface area contributed by atoms with Gasteiger partial charge in [-0.2, -0.15) is 0 Å². The van der Waals surface area contributed by atoms with Gasteiger partial charge in [-0.1, -0.05) is 322 Å². The van der Waals surface area contributed by atoms with Gasteiger partial charge in [0.1, 0.15) is 0 Å². The van der Waals surface area contributed by atoms with E-state index in [9.17, 15) is 0 Å². The first kappa shape index (κ1) is 58.0. The van der Waals surface area contributed by atoms with Gasteiger partial charge >= 0.3 is 0 Å². The molecule has 2 aromatic heterocycles. The third-order valence-electron chi connectivity index (χ3n) is 21.1. The Morgan fingerprint density at radius 3 is 0.842 bits per heavy atom. The van der Waals surface area contributed by atoms with Gasteiger partial charge in [-0.15, -0.1) is 0 Å². The van der Waals surface area contributed by atoms with E-state index in [0.29, 0.717) is 0 Å². The summed E-state index contributed by atoms with van der Waals surface area (Å²) in [5, 5.41) is 4.88. The molecule has 0 bridgehead atoms. The zero-order valence-corrected chi connectivity index (χ0v) is 55.2. The highest BCUT2D eigenvalue weighted by atomic mass is 15.2. The lowest BCUT2D eigenvalue weighted by atomic mass is 9.33. The summed E-state index contributed by atoms with van der Waals surface area (Å²) in [6, 6.07) is 142. The summed E-state index contributed by atoms with van der Waals surface area (Å²) >= 11 is 0. The number of benzene rings is 16. The highest BCUT2D eigenvalue weighted by Crippen LogP contribution is 2.55. The predicted molar refractivity (Wildman–Crippen MR) is 427 cm³/mol. The van der Waals surface area contributed by atoms with Crippen molar-refractivity contribution in [3.8, 4) is 89.3 Å². The smallest absolute Gasteiger partial charge is 0.252 e. The van der Waals surface area contributed by atoms with Crippen molar-refractivity contribution in [2.45, 2.75) is 0 Å². The molecule has 20 rings (SSSR count). The van der Waals surface area contributed by atoms with Crippen LogP contribution in [0.1, 0.15) is 0 Å². The first-order valence-corrected chi connectivity index (χ1v) is 34.9. The second-order valence-corrected chi connectivity index (χ2v) is 26.6. The molecule has 2 aliphatic heterocycles. The Morgan fingerprint density at radius 1 is 0.198 bits per heavy atom. The van der Waals surface area contributed by atoms with Gasteiger partial charge in [0.25, 0.3) is 6.71 Å². The van der Waals surface area contributed by atoms with Gasteiger partial charge in [-0.25, -0.2) is 0 Å². The summed E-state index contributed by atoms with van der Waals surface area (Å²) in [5.41, 5.74) is 33.1. The average molecular weight is 1280 g/mol. The Labute approximate surface area is 587 Å². The van der Waals surface area contributed by atoms with Gasteiger partial charge in [0, 0.05) is 77.9 Å². The Balaban J connectivity index is 0.948. The first-order chi connectivity index (χ1) is 50.2. The molecule has 470 valence electrons. The molecule has 0 aliphatic carbocycles. The fourth-order valence-electron chi connectivity index (χ4n) is 16.8. The minimum atomic E-state index is -0.260. The largest absolute Gasteiger partial charge is 0.310 e. The van der Waals surface area contributed by atoms with Crippen LogP contribution >= 0.6 is 0 Å². The molecule has 0 spiro atoms. The zero-order chi connectivity index (χ0) is 66.5. The van der Waals surface area contributed by atoms with E-state index < -0.39 is 0 Å². The Hall–Kier alpha value is -13.2. The van der Waals surface area contributed by atoms with E-state index >= 15 is 0 Å². The van der Waals surface area contributed by atoms with Crippen LogP contribution < -0.4 is 26.2 Å². The van der Waals surface area contributed by atoms with E-state index in [1.807, 2.05) is 0 Å². The van der Waals surface area contributed by atoms with Crippen molar-refractivity contribution < 1.29 is 0 Å². The number of hydrogen-bond acceptors (Lipinski definition) is 2. The van der Waals surface area contributed by atoms with Crippen LogP contribution in [0, 0.1) is 0 Å². The summed E-state index contributed by atoms with van der Waals surface area (Å²) in [5.74, 6) is 0. The normalized spacial score (nSPS) is 12.3. The van der Waals surface area contributed by atoms with E-state index in [-0.39, 0.29) is 6.71 Å². The summed E-state index contributed by atoms with van der Waals surface area (Å²) in [6.45, 7) is -0.260. The van der Waals surface area contributed by atoms with Gasteiger partial charge in [0.2, 0.25) is 0 Å². The SMILES string of the molecule is c1ccc(-c2cc3c4c(c2)N(c2c(-c5ccccc5)cccc2-c2ccccc2)c2cc(-n5c6ccccc6c6c(-c7ccccc7)cccc65)ccc2B4c2ccc(-n4c5ccccc5c5c(-c6ccccc6)cccc54)cc2N3c2c(-c3ccccc3)cccc2-c2ccccc2)cc1. The number of nitrogens with zero attached hydrogens (tertiary/aromatic N) is 4. The lowest BCUT2D eigenvalue weighted by molar-refractivity contribution is 1.17. The van der Waals surface area contributed by atoms with Crippen LogP contribution in [-0.4, -0.2) is 15.8 Å². The van der Waals surface area contributed by atoms with Crippen molar-refractivity contribution >= 4 is 101 Å². The van der Waals surface area contributed by atoms with Crippen LogP contribution in [-0.2, 0) is 0 Å². The third kappa shape index (κ3) is 9.32. The second-order valence-electron chi connectivity index (χ2n) is 26.6. The van der Waals surface area contributed by atoms with E-state index in [1.165, 1.54) is 60.2 Å². The Bertz CT molecular complexity index is 5770. The van der Waals surface area contributed by atoms with Crippen LogP contribution in [0.3, 0.4) is 0 Å². The van der Waals surface area contributed by atoms with E-state index in [2.05, 4.69) is 401 Å². The molecule has 16 aromatic carbocycles. The summed E-state index contributed by atoms with van der Waals surface area (Å²) < 4.78 is 5.03. The van der Waals surface area contributed by atoms with Crippen LogP contribution in [0.5, 0.6) is 0 Å². The summed E-state index contributed by atoms with van der Waals surface area (Å²) in [6.07, 6.45) is 0. The van der Waals surface area contributed by atoms with Crippen LogP contribution in [0.25, 0.3) is 133 Å². The number of anilines is 6. The van der Waals surface area contributed by atoms with Crippen molar-refractivity contribution in [2.24, 2.45) is 0 Å². The van der Waals surface area contributed by atoms with E-state index in [1.54, 1.807) is 0 Å². The predicted octanol–water partition coefficient (Wildman–Crippen LogP) is 23.6. The fraction of sp³-hybridized carbons (Fsp3) is 0. The van der Waals surface area contributed by atoms with Gasteiger partial charge in [-0.05, 0) is 133 Å². The lowest BCUT2D eigenvalue weighted by Crippen LogP contribution is -2.61. The van der Waals surface area contributed by atoms with Crippen molar-refractivity contribution in [1.82, 2.24) is 9.13 Å². The number of fused-ring (bicyclic) bond motifs is 10. The third-order valence-corrected chi connectivity index (χ3v) is 21.1. The van der Waals surface area contributed by atoms with E-state index in [4.69, 9.17) is 0 Å². The van der Waals surface area contributed by atoms with Crippen LogP contribution in [0.15, 0.2) is 382 Å². The van der Waals surface area contributed by atoms with Crippen molar-refractivity contribution in [1.29, 1.82) is 0 Å². The van der Waals surface area contributed by atoms with Gasteiger partial charge in [-0.3, -0.25) is 0 Å².